The first kappa shape index (κ1) is 22.8. The van der Waals surface area contributed by atoms with Crippen molar-refractivity contribution in [2.45, 2.75) is 38.5 Å². The Bertz CT molecular complexity index is 1150. The molecule has 1 saturated heterocycles. The van der Waals surface area contributed by atoms with Crippen molar-refractivity contribution in [3.05, 3.63) is 118 Å². The number of nitrogens with zero attached hydrogens (tertiary/aromatic N) is 1. The van der Waals surface area contributed by atoms with Gasteiger partial charge in [-0.25, -0.2) is 0 Å². The largest absolute Gasteiger partial charge is 0.295 e. The standard InChI is InChI=1S/C32H34FN/c33-20-7-21-34-23-27(24-34)22-26-15-18-30(19-16-26)32-29(17-14-25-8-2-1-3-9-25)12-6-11-28-10-4-5-13-31(28)32/h1-5,8-10,13,15-16,18-19,22H,6-7,11-12,14,17,20-21,23-24H2. The Kier molecular flexibility index (Phi) is 7.36. The van der Waals surface area contributed by atoms with Gasteiger partial charge >= 0.3 is 0 Å². The molecule has 0 amide bonds. The number of likely N-dealkylation sites (tertiary alicyclic amines) is 1. The molecule has 0 atom stereocenters. The summed E-state index contributed by atoms with van der Waals surface area (Å²) in [5, 5.41) is 0. The summed E-state index contributed by atoms with van der Waals surface area (Å²) in [6.07, 6.45) is 8.68. The lowest BCUT2D eigenvalue weighted by molar-refractivity contribution is 0.239. The van der Waals surface area contributed by atoms with E-state index in [0.717, 1.165) is 45.3 Å². The fraction of sp³-hybridized carbons (Fsp3) is 0.312. The van der Waals surface area contributed by atoms with E-state index in [0.29, 0.717) is 6.42 Å². The highest BCUT2D eigenvalue weighted by Gasteiger charge is 2.20. The number of allylic oxidation sites excluding steroid dienone is 1. The van der Waals surface area contributed by atoms with E-state index in [9.17, 15) is 4.39 Å². The summed E-state index contributed by atoms with van der Waals surface area (Å²) in [7, 11) is 0. The molecule has 5 rings (SSSR count). The van der Waals surface area contributed by atoms with Crippen molar-refractivity contribution in [3.63, 3.8) is 0 Å². The second-order valence-electron chi connectivity index (χ2n) is 9.65. The molecule has 0 spiro atoms. The molecule has 3 aromatic carbocycles. The van der Waals surface area contributed by atoms with E-state index in [1.54, 1.807) is 5.57 Å². The molecule has 3 aromatic rings. The van der Waals surface area contributed by atoms with E-state index in [2.05, 4.69) is 89.8 Å². The van der Waals surface area contributed by atoms with Crippen LogP contribution in [-0.4, -0.2) is 31.2 Å². The summed E-state index contributed by atoms with van der Waals surface area (Å²) in [5.74, 6) is 0. The highest BCUT2D eigenvalue weighted by Crippen LogP contribution is 2.37. The van der Waals surface area contributed by atoms with Gasteiger partial charge in [-0.15, -0.1) is 0 Å². The van der Waals surface area contributed by atoms with Gasteiger partial charge in [-0.05, 0) is 77.5 Å². The van der Waals surface area contributed by atoms with Crippen LogP contribution in [0.25, 0.3) is 11.6 Å². The molecule has 2 heteroatoms. The van der Waals surface area contributed by atoms with Gasteiger partial charge in [0.15, 0.2) is 0 Å². The van der Waals surface area contributed by atoms with Gasteiger partial charge in [0.25, 0.3) is 0 Å². The molecule has 0 radical (unpaired) electrons. The van der Waals surface area contributed by atoms with E-state index in [-0.39, 0.29) is 6.67 Å². The molecule has 1 heterocycles. The van der Waals surface area contributed by atoms with Crippen LogP contribution >= 0.6 is 0 Å². The van der Waals surface area contributed by atoms with Crippen molar-refractivity contribution in [2.75, 3.05) is 26.3 Å². The Morgan fingerprint density at radius 3 is 2.35 bits per heavy atom. The van der Waals surface area contributed by atoms with Crippen LogP contribution in [0.2, 0.25) is 0 Å². The molecule has 1 nitrogen and oxygen atoms in total. The second-order valence-corrected chi connectivity index (χ2v) is 9.65. The number of hydrogen-bond donors (Lipinski definition) is 0. The maximum atomic E-state index is 12.4. The van der Waals surface area contributed by atoms with Crippen molar-refractivity contribution in [3.8, 4) is 0 Å². The van der Waals surface area contributed by atoms with Crippen molar-refractivity contribution < 1.29 is 4.39 Å². The maximum absolute atomic E-state index is 12.4. The lowest BCUT2D eigenvalue weighted by atomic mass is 9.88. The molecule has 0 aromatic heterocycles. The molecular weight excluding hydrogens is 417 g/mol. The fourth-order valence-electron chi connectivity index (χ4n) is 5.38. The summed E-state index contributed by atoms with van der Waals surface area (Å²) in [4.78, 5) is 2.31. The third kappa shape index (κ3) is 5.39. The van der Waals surface area contributed by atoms with Gasteiger partial charge in [0.1, 0.15) is 0 Å². The minimum atomic E-state index is -0.219. The van der Waals surface area contributed by atoms with Crippen molar-refractivity contribution >= 4 is 11.6 Å². The van der Waals surface area contributed by atoms with Crippen LogP contribution in [-0.2, 0) is 12.8 Å². The van der Waals surface area contributed by atoms with E-state index in [1.165, 1.54) is 45.4 Å². The average Bonchev–Trinajstić information content (AvgIpc) is 3.04. The minimum Gasteiger partial charge on any atom is -0.295 e. The first-order valence-electron chi connectivity index (χ1n) is 12.7. The first-order chi connectivity index (χ1) is 16.8. The van der Waals surface area contributed by atoms with Gasteiger partial charge in [0.2, 0.25) is 0 Å². The molecule has 1 aliphatic carbocycles. The highest BCUT2D eigenvalue weighted by atomic mass is 19.1. The third-order valence-electron chi connectivity index (χ3n) is 7.15. The van der Waals surface area contributed by atoms with Crippen molar-refractivity contribution in [2.24, 2.45) is 0 Å². The molecule has 1 aliphatic heterocycles. The van der Waals surface area contributed by atoms with Crippen LogP contribution in [0.15, 0.2) is 90.0 Å². The molecular formula is C32H34FN. The molecule has 0 saturated carbocycles. The smallest absolute Gasteiger partial charge is 0.0906 e. The number of fused-ring (bicyclic) bond motifs is 1. The number of aryl methyl sites for hydroxylation is 2. The summed E-state index contributed by atoms with van der Waals surface area (Å²) < 4.78 is 12.4. The maximum Gasteiger partial charge on any atom is 0.0906 e. The lowest BCUT2D eigenvalue weighted by Crippen LogP contribution is -2.40. The monoisotopic (exact) mass is 451 g/mol. The highest BCUT2D eigenvalue weighted by molar-refractivity contribution is 5.84. The Labute approximate surface area is 203 Å². The predicted octanol–water partition coefficient (Wildman–Crippen LogP) is 7.52. The Morgan fingerprint density at radius 1 is 0.794 bits per heavy atom. The summed E-state index contributed by atoms with van der Waals surface area (Å²) in [6.45, 7) is 2.60. The predicted molar refractivity (Wildman–Crippen MR) is 142 cm³/mol. The molecule has 34 heavy (non-hydrogen) atoms. The van der Waals surface area contributed by atoms with Gasteiger partial charge in [0.05, 0.1) is 6.67 Å². The lowest BCUT2D eigenvalue weighted by Gasteiger charge is -2.33. The van der Waals surface area contributed by atoms with Crippen LogP contribution in [0.3, 0.4) is 0 Å². The van der Waals surface area contributed by atoms with Gasteiger partial charge in [0, 0.05) is 19.6 Å². The zero-order valence-electron chi connectivity index (χ0n) is 20.0. The molecule has 1 fully saturated rings. The second kappa shape index (κ2) is 11.0. The molecule has 0 bridgehead atoms. The summed E-state index contributed by atoms with van der Waals surface area (Å²) in [5.41, 5.74) is 11.4. The van der Waals surface area contributed by atoms with E-state index in [4.69, 9.17) is 0 Å². The molecule has 2 aliphatic rings. The number of hydrogen-bond acceptors (Lipinski definition) is 1. The summed E-state index contributed by atoms with van der Waals surface area (Å²) >= 11 is 0. The van der Waals surface area contributed by atoms with Crippen LogP contribution < -0.4 is 0 Å². The SMILES string of the molecule is FCCCN1CC(=Cc2ccc(C3=C(CCc4ccccc4)CCCc4ccccc43)cc2)C1. The van der Waals surface area contributed by atoms with Gasteiger partial charge < -0.3 is 0 Å². The molecule has 0 N–H and O–H groups in total. The van der Waals surface area contributed by atoms with Crippen LogP contribution in [0.1, 0.15) is 53.5 Å². The van der Waals surface area contributed by atoms with E-state index < -0.39 is 0 Å². The number of halogens is 1. The topological polar surface area (TPSA) is 3.24 Å². The quantitative estimate of drug-likeness (QED) is 0.342. The van der Waals surface area contributed by atoms with Gasteiger partial charge in [-0.1, -0.05) is 90.5 Å². The zero-order valence-corrected chi connectivity index (χ0v) is 20.0. The normalized spacial score (nSPS) is 16.1. The van der Waals surface area contributed by atoms with Gasteiger partial charge in [-0.2, -0.15) is 0 Å². The van der Waals surface area contributed by atoms with Gasteiger partial charge in [-0.3, -0.25) is 9.29 Å². The van der Waals surface area contributed by atoms with Crippen LogP contribution in [0.5, 0.6) is 0 Å². The Morgan fingerprint density at radius 2 is 1.56 bits per heavy atom. The molecule has 174 valence electrons. The average molecular weight is 452 g/mol. The van der Waals surface area contributed by atoms with E-state index >= 15 is 0 Å². The number of rotatable bonds is 8. The third-order valence-corrected chi connectivity index (χ3v) is 7.15. The Hall–Kier alpha value is -2.97. The zero-order chi connectivity index (χ0) is 23.2. The Balaban J connectivity index is 1.40. The van der Waals surface area contributed by atoms with Crippen LogP contribution in [0.4, 0.5) is 4.39 Å². The van der Waals surface area contributed by atoms with Crippen LogP contribution in [0, 0.1) is 0 Å². The molecule has 0 unspecified atom stereocenters. The number of alkyl halides is 1. The van der Waals surface area contributed by atoms with Crippen molar-refractivity contribution in [1.29, 1.82) is 0 Å². The first-order valence-corrected chi connectivity index (χ1v) is 12.7. The number of benzene rings is 3. The minimum absolute atomic E-state index is 0.219. The fourth-order valence-corrected chi connectivity index (χ4v) is 5.38. The van der Waals surface area contributed by atoms with Crippen molar-refractivity contribution in [1.82, 2.24) is 4.90 Å². The summed E-state index contributed by atoms with van der Waals surface area (Å²) in [6, 6.07) is 29.0. The van der Waals surface area contributed by atoms with E-state index in [1.807, 2.05) is 0 Å².